The van der Waals surface area contributed by atoms with E-state index in [-0.39, 0.29) is 4.90 Å². The topological polar surface area (TPSA) is 37.4 Å². The lowest BCUT2D eigenvalue weighted by Gasteiger charge is -2.32. The zero-order chi connectivity index (χ0) is 14.8. The molecule has 1 saturated heterocycles. The predicted octanol–water partition coefficient (Wildman–Crippen LogP) is 3.33. The molecule has 2 rings (SSSR count). The molecule has 0 radical (unpaired) electrons. The van der Waals surface area contributed by atoms with Crippen molar-refractivity contribution in [2.45, 2.75) is 37.0 Å². The van der Waals surface area contributed by atoms with Crippen molar-refractivity contribution in [3.63, 3.8) is 0 Å². The maximum absolute atomic E-state index is 11.7. The lowest BCUT2D eigenvalue weighted by Crippen LogP contribution is -2.33. The summed E-state index contributed by atoms with van der Waals surface area (Å²) in [4.78, 5) is 2.72. The van der Waals surface area contributed by atoms with Gasteiger partial charge in [0.1, 0.15) is 0 Å². The van der Waals surface area contributed by atoms with Gasteiger partial charge in [-0.1, -0.05) is 30.7 Å². The summed E-state index contributed by atoms with van der Waals surface area (Å²) < 4.78 is 23.5. The number of likely N-dealkylation sites (tertiary alicyclic amines) is 1. The van der Waals surface area contributed by atoms with E-state index in [4.69, 9.17) is 11.6 Å². The molecule has 0 unspecified atom stereocenters. The van der Waals surface area contributed by atoms with Gasteiger partial charge in [0, 0.05) is 6.26 Å². The van der Waals surface area contributed by atoms with Crippen LogP contribution >= 0.6 is 11.6 Å². The molecule has 1 aromatic rings. The minimum Gasteiger partial charge on any atom is -0.303 e. The molecule has 3 nitrogen and oxygen atoms in total. The van der Waals surface area contributed by atoms with Crippen LogP contribution in [0.2, 0.25) is 5.02 Å². The van der Waals surface area contributed by atoms with Crippen LogP contribution in [-0.4, -0.2) is 39.2 Å². The molecule has 0 atom stereocenters. The molecular formula is C15H22ClNO2S. The lowest BCUT2D eigenvalue weighted by atomic mass is 9.89. The molecule has 1 aliphatic rings. The first kappa shape index (κ1) is 15.8. The Hall–Kier alpha value is -0.580. The van der Waals surface area contributed by atoms with Gasteiger partial charge >= 0.3 is 0 Å². The average molecular weight is 316 g/mol. The number of rotatable bonds is 4. The van der Waals surface area contributed by atoms with Crippen LogP contribution in [0, 0.1) is 0 Å². The van der Waals surface area contributed by atoms with Gasteiger partial charge in [0.15, 0.2) is 9.84 Å². The van der Waals surface area contributed by atoms with Crippen LogP contribution in [0.1, 0.15) is 37.7 Å². The standard InChI is InChI=1S/C15H22ClNO2S/c1-3-9-17-10-7-12(8-11-17)13-5-4-6-14(15(13)16)20(2,18)19/h4-6,12H,3,7-11H2,1-2H3. The second kappa shape index (κ2) is 6.46. The van der Waals surface area contributed by atoms with Crippen molar-refractivity contribution < 1.29 is 8.42 Å². The van der Waals surface area contributed by atoms with Gasteiger partial charge in [-0.3, -0.25) is 0 Å². The van der Waals surface area contributed by atoms with E-state index in [1.807, 2.05) is 6.07 Å². The smallest absolute Gasteiger partial charge is 0.177 e. The van der Waals surface area contributed by atoms with Gasteiger partial charge < -0.3 is 4.90 Å². The Balaban J connectivity index is 2.19. The molecule has 0 saturated carbocycles. The molecule has 1 aliphatic heterocycles. The number of benzene rings is 1. The van der Waals surface area contributed by atoms with Crippen molar-refractivity contribution in [3.8, 4) is 0 Å². The Morgan fingerprint density at radius 1 is 1.30 bits per heavy atom. The Kier molecular flexibility index (Phi) is 5.10. The molecule has 112 valence electrons. The first-order valence-electron chi connectivity index (χ1n) is 7.14. The van der Waals surface area contributed by atoms with Crippen molar-refractivity contribution in [3.05, 3.63) is 28.8 Å². The SMILES string of the molecule is CCCN1CCC(c2cccc(S(C)(=O)=O)c2Cl)CC1. The summed E-state index contributed by atoms with van der Waals surface area (Å²) in [6.07, 6.45) is 4.48. The van der Waals surface area contributed by atoms with Crippen LogP contribution in [0.3, 0.4) is 0 Å². The van der Waals surface area contributed by atoms with Crippen LogP contribution in [0.4, 0.5) is 0 Å². The maximum atomic E-state index is 11.7. The highest BCUT2D eigenvalue weighted by Gasteiger charge is 2.24. The van der Waals surface area contributed by atoms with Gasteiger partial charge in [0.05, 0.1) is 9.92 Å². The van der Waals surface area contributed by atoms with Gasteiger partial charge in [-0.15, -0.1) is 0 Å². The Labute approximate surface area is 126 Å². The number of hydrogen-bond acceptors (Lipinski definition) is 3. The summed E-state index contributed by atoms with van der Waals surface area (Å²) in [5.41, 5.74) is 0.991. The zero-order valence-corrected chi connectivity index (χ0v) is 13.7. The highest BCUT2D eigenvalue weighted by Crippen LogP contribution is 2.36. The third kappa shape index (κ3) is 3.54. The van der Waals surface area contributed by atoms with E-state index < -0.39 is 9.84 Å². The van der Waals surface area contributed by atoms with E-state index in [0.29, 0.717) is 10.9 Å². The molecule has 1 fully saturated rings. The summed E-state index contributed by atoms with van der Waals surface area (Å²) in [7, 11) is -3.26. The van der Waals surface area contributed by atoms with Gasteiger partial charge in [-0.2, -0.15) is 0 Å². The highest BCUT2D eigenvalue weighted by atomic mass is 35.5. The molecule has 0 aromatic heterocycles. The molecule has 5 heteroatoms. The first-order chi connectivity index (χ1) is 9.43. The molecule has 1 heterocycles. The molecule has 0 N–H and O–H groups in total. The van der Waals surface area contributed by atoms with Gasteiger partial charge in [0.2, 0.25) is 0 Å². The van der Waals surface area contributed by atoms with E-state index in [1.54, 1.807) is 12.1 Å². The number of piperidine rings is 1. The average Bonchev–Trinajstić information content (AvgIpc) is 2.39. The predicted molar refractivity (Wildman–Crippen MR) is 83.3 cm³/mol. The van der Waals surface area contributed by atoms with Crippen molar-refractivity contribution in [2.75, 3.05) is 25.9 Å². The molecule has 0 bridgehead atoms. The van der Waals surface area contributed by atoms with Gasteiger partial charge in [0.25, 0.3) is 0 Å². The van der Waals surface area contributed by atoms with Gasteiger partial charge in [-0.25, -0.2) is 8.42 Å². The molecule has 20 heavy (non-hydrogen) atoms. The molecular weight excluding hydrogens is 294 g/mol. The van der Waals surface area contributed by atoms with Crippen LogP contribution in [0.5, 0.6) is 0 Å². The van der Waals surface area contributed by atoms with E-state index in [0.717, 1.165) is 38.0 Å². The van der Waals surface area contributed by atoms with Crippen molar-refractivity contribution in [1.29, 1.82) is 0 Å². The monoisotopic (exact) mass is 315 g/mol. The first-order valence-corrected chi connectivity index (χ1v) is 9.41. The van der Waals surface area contributed by atoms with Crippen LogP contribution < -0.4 is 0 Å². The summed E-state index contributed by atoms with van der Waals surface area (Å²) in [5.74, 6) is 0.373. The third-order valence-corrected chi connectivity index (χ3v) is 5.63. The minimum atomic E-state index is -3.26. The quantitative estimate of drug-likeness (QED) is 0.855. The fraction of sp³-hybridized carbons (Fsp3) is 0.600. The summed E-state index contributed by atoms with van der Waals surface area (Å²) in [6.45, 7) is 5.47. The van der Waals surface area contributed by atoms with E-state index in [2.05, 4.69) is 11.8 Å². The van der Waals surface area contributed by atoms with Crippen LogP contribution in [0.25, 0.3) is 0 Å². The Bertz CT molecular complexity index is 563. The Morgan fingerprint density at radius 3 is 2.50 bits per heavy atom. The number of hydrogen-bond donors (Lipinski definition) is 0. The van der Waals surface area contributed by atoms with Crippen molar-refractivity contribution in [1.82, 2.24) is 4.90 Å². The number of halogens is 1. The minimum absolute atomic E-state index is 0.257. The highest BCUT2D eigenvalue weighted by molar-refractivity contribution is 7.90. The van der Waals surface area contributed by atoms with E-state index in [1.165, 1.54) is 12.7 Å². The van der Waals surface area contributed by atoms with Crippen LogP contribution in [0.15, 0.2) is 23.1 Å². The normalized spacial score (nSPS) is 18.4. The largest absolute Gasteiger partial charge is 0.303 e. The van der Waals surface area contributed by atoms with E-state index in [9.17, 15) is 8.42 Å². The Morgan fingerprint density at radius 2 is 1.95 bits per heavy atom. The summed E-state index contributed by atoms with van der Waals surface area (Å²) in [6, 6.07) is 5.36. The maximum Gasteiger partial charge on any atom is 0.177 e. The summed E-state index contributed by atoms with van der Waals surface area (Å²) >= 11 is 6.33. The number of sulfone groups is 1. The van der Waals surface area contributed by atoms with Crippen molar-refractivity contribution >= 4 is 21.4 Å². The van der Waals surface area contributed by atoms with E-state index >= 15 is 0 Å². The zero-order valence-electron chi connectivity index (χ0n) is 12.1. The fourth-order valence-corrected chi connectivity index (χ4v) is 4.38. The second-order valence-corrected chi connectivity index (χ2v) is 7.91. The molecule has 1 aromatic carbocycles. The summed E-state index contributed by atoms with van der Waals surface area (Å²) in [5, 5.41) is 0.420. The lowest BCUT2D eigenvalue weighted by molar-refractivity contribution is 0.212. The third-order valence-electron chi connectivity index (χ3n) is 3.96. The molecule has 0 spiro atoms. The second-order valence-electron chi connectivity index (χ2n) is 5.55. The van der Waals surface area contributed by atoms with Crippen LogP contribution in [-0.2, 0) is 9.84 Å². The molecule has 0 amide bonds. The fourth-order valence-electron chi connectivity index (χ4n) is 2.91. The van der Waals surface area contributed by atoms with Gasteiger partial charge in [-0.05, 0) is 56.4 Å². The number of nitrogens with zero attached hydrogens (tertiary/aromatic N) is 1. The van der Waals surface area contributed by atoms with Crippen molar-refractivity contribution in [2.24, 2.45) is 0 Å². The molecule has 0 aliphatic carbocycles.